The number of aromatic nitrogens is 2. The molecule has 0 saturated carbocycles. The Hall–Kier alpha value is -4.24. The van der Waals surface area contributed by atoms with E-state index in [2.05, 4.69) is 20.6 Å². The van der Waals surface area contributed by atoms with Crippen molar-refractivity contribution in [2.24, 2.45) is 0 Å². The van der Waals surface area contributed by atoms with Crippen LogP contribution in [0.5, 0.6) is 11.5 Å². The van der Waals surface area contributed by atoms with E-state index in [1.54, 1.807) is 48.8 Å². The molecule has 1 atom stereocenters. The Kier molecular flexibility index (Phi) is 7.46. The van der Waals surface area contributed by atoms with Gasteiger partial charge >= 0.3 is 6.03 Å². The second kappa shape index (κ2) is 11.1. The van der Waals surface area contributed by atoms with Crippen molar-refractivity contribution in [3.8, 4) is 11.5 Å². The molecule has 4 aromatic rings. The summed E-state index contributed by atoms with van der Waals surface area (Å²) in [7, 11) is 0. The number of aromatic hydroxyl groups is 1. The van der Waals surface area contributed by atoms with E-state index in [-0.39, 0.29) is 24.5 Å². The van der Waals surface area contributed by atoms with Gasteiger partial charge in [-0.15, -0.1) is 11.3 Å². The number of benzene rings is 2. The minimum atomic E-state index is -0.630. The van der Waals surface area contributed by atoms with Crippen LogP contribution in [-0.2, 0) is 6.61 Å². The molecule has 0 radical (unpaired) electrons. The molecule has 2 aromatic carbocycles. The largest absolute Gasteiger partial charge is 0.508 e. The number of phenols is 1. The zero-order chi connectivity index (χ0) is 23.8. The van der Waals surface area contributed by atoms with E-state index in [1.807, 2.05) is 35.7 Å². The molecular formula is C25H23N5O3S. The third-order valence-electron chi connectivity index (χ3n) is 4.94. The van der Waals surface area contributed by atoms with Crippen molar-refractivity contribution in [2.75, 3.05) is 5.32 Å². The lowest BCUT2D eigenvalue weighted by atomic mass is 9.97. The number of carbonyl (C=O) groups excluding carboxylic acids is 1. The molecule has 0 aliphatic carbocycles. The number of carbonyl (C=O) groups is 1. The van der Waals surface area contributed by atoms with Crippen molar-refractivity contribution in [1.82, 2.24) is 15.3 Å². The molecule has 9 heteroatoms. The van der Waals surface area contributed by atoms with Crippen LogP contribution in [0.25, 0.3) is 0 Å². The fourth-order valence-electron chi connectivity index (χ4n) is 3.28. The van der Waals surface area contributed by atoms with Gasteiger partial charge in [0.2, 0.25) is 0 Å². The number of hydrogen-bond donors (Lipinski definition) is 4. The van der Waals surface area contributed by atoms with Crippen molar-refractivity contribution in [3.05, 3.63) is 101 Å². The second-order valence-electron chi connectivity index (χ2n) is 7.38. The number of urea groups is 1. The van der Waals surface area contributed by atoms with E-state index >= 15 is 0 Å². The first-order valence-electron chi connectivity index (χ1n) is 10.5. The highest BCUT2D eigenvalue weighted by Gasteiger charge is 2.21. The van der Waals surface area contributed by atoms with Crippen LogP contribution in [0.3, 0.4) is 0 Å². The van der Waals surface area contributed by atoms with Crippen LogP contribution in [0.1, 0.15) is 29.3 Å². The number of thiazole rings is 1. The molecule has 34 heavy (non-hydrogen) atoms. The molecule has 2 amide bonds. The van der Waals surface area contributed by atoms with Crippen LogP contribution >= 0.6 is 11.3 Å². The molecular weight excluding hydrogens is 450 g/mol. The standard InChI is InChI=1S/C25H23N5O3S/c26-21(17-7-6-12-27-14-17)13-22(20-10-4-5-11-23(20)31)29-24(32)30-25-28-18(16-34-25)15-33-19-8-2-1-3-9-19/h1-12,14,16,22,26,31H,13,15H2,(H2,28,29,30,32). The molecule has 1 unspecified atom stereocenters. The number of phenolic OH excluding ortho intramolecular Hbond substituents is 1. The number of para-hydroxylation sites is 2. The molecule has 2 aromatic heterocycles. The van der Waals surface area contributed by atoms with Gasteiger partial charge in [-0.25, -0.2) is 9.78 Å². The number of rotatable bonds is 9. The van der Waals surface area contributed by atoms with Crippen LogP contribution in [0, 0.1) is 5.41 Å². The monoisotopic (exact) mass is 473 g/mol. The predicted molar refractivity (Wildman–Crippen MR) is 132 cm³/mol. The molecule has 0 aliphatic rings. The van der Waals surface area contributed by atoms with E-state index < -0.39 is 12.1 Å². The molecule has 0 fully saturated rings. The minimum Gasteiger partial charge on any atom is -0.508 e. The topological polar surface area (TPSA) is 120 Å². The van der Waals surface area contributed by atoms with Gasteiger partial charge in [0.25, 0.3) is 0 Å². The normalized spacial score (nSPS) is 11.4. The molecule has 2 heterocycles. The summed E-state index contributed by atoms with van der Waals surface area (Å²) in [6, 6.07) is 18.6. The molecule has 4 rings (SSSR count). The average molecular weight is 474 g/mol. The van der Waals surface area contributed by atoms with Gasteiger partial charge in [-0.1, -0.05) is 42.5 Å². The van der Waals surface area contributed by atoms with E-state index in [1.165, 1.54) is 11.3 Å². The fraction of sp³-hybridized carbons (Fsp3) is 0.120. The zero-order valence-corrected chi connectivity index (χ0v) is 19.0. The Morgan fingerprint density at radius 1 is 1.09 bits per heavy atom. The first kappa shape index (κ1) is 22.9. The summed E-state index contributed by atoms with van der Waals surface area (Å²) in [6.07, 6.45) is 3.40. The van der Waals surface area contributed by atoms with E-state index in [0.717, 1.165) is 5.75 Å². The first-order chi connectivity index (χ1) is 16.6. The van der Waals surface area contributed by atoms with Gasteiger partial charge in [-0.2, -0.15) is 0 Å². The molecule has 4 N–H and O–H groups in total. The van der Waals surface area contributed by atoms with E-state index in [4.69, 9.17) is 10.1 Å². The zero-order valence-electron chi connectivity index (χ0n) is 18.1. The number of pyridine rings is 1. The Labute approximate surface area is 200 Å². The van der Waals surface area contributed by atoms with Gasteiger partial charge in [-0.05, 0) is 24.3 Å². The lowest BCUT2D eigenvalue weighted by Crippen LogP contribution is -2.34. The smallest absolute Gasteiger partial charge is 0.321 e. The van der Waals surface area contributed by atoms with E-state index in [9.17, 15) is 9.90 Å². The summed E-state index contributed by atoms with van der Waals surface area (Å²) in [5, 5.41) is 26.6. The number of anilines is 1. The molecule has 0 bridgehead atoms. The lowest BCUT2D eigenvalue weighted by Gasteiger charge is -2.20. The SMILES string of the molecule is N=C(CC(NC(=O)Nc1nc(COc2ccccc2)cs1)c1ccccc1O)c1cccnc1. The van der Waals surface area contributed by atoms with Crippen LogP contribution in [0.2, 0.25) is 0 Å². The third kappa shape index (κ3) is 6.17. The summed E-state index contributed by atoms with van der Waals surface area (Å²) in [5.41, 5.74) is 2.14. The number of hydrogen-bond acceptors (Lipinski definition) is 7. The van der Waals surface area contributed by atoms with Gasteiger partial charge < -0.3 is 20.6 Å². The molecule has 0 saturated heterocycles. The highest BCUT2D eigenvalue weighted by molar-refractivity contribution is 7.13. The molecule has 172 valence electrons. The van der Waals surface area contributed by atoms with Crippen LogP contribution in [0.15, 0.2) is 84.5 Å². The lowest BCUT2D eigenvalue weighted by molar-refractivity contribution is 0.248. The Bertz CT molecular complexity index is 1250. The maximum atomic E-state index is 12.8. The van der Waals surface area contributed by atoms with Gasteiger partial charge in [0, 0.05) is 41.0 Å². The highest BCUT2D eigenvalue weighted by Crippen LogP contribution is 2.27. The Balaban J connectivity index is 1.41. The predicted octanol–water partition coefficient (Wildman–Crippen LogP) is 5.14. The molecule has 0 spiro atoms. The van der Waals surface area contributed by atoms with Crippen LogP contribution in [-0.4, -0.2) is 26.8 Å². The van der Waals surface area contributed by atoms with Crippen molar-refractivity contribution < 1.29 is 14.6 Å². The summed E-state index contributed by atoms with van der Waals surface area (Å²) < 4.78 is 5.69. The minimum absolute atomic E-state index is 0.0429. The third-order valence-corrected chi connectivity index (χ3v) is 5.74. The maximum Gasteiger partial charge on any atom is 0.321 e. The molecule has 8 nitrogen and oxygen atoms in total. The van der Waals surface area contributed by atoms with Crippen LogP contribution in [0.4, 0.5) is 9.93 Å². The number of ether oxygens (including phenoxy) is 1. The molecule has 0 aliphatic heterocycles. The van der Waals surface area contributed by atoms with Crippen molar-refractivity contribution in [2.45, 2.75) is 19.1 Å². The van der Waals surface area contributed by atoms with Gasteiger partial charge in [-0.3, -0.25) is 10.3 Å². The summed E-state index contributed by atoms with van der Waals surface area (Å²) in [6.45, 7) is 0.284. The highest BCUT2D eigenvalue weighted by atomic mass is 32.1. The van der Waals surface area contributed by atoms with Crippen molar-refractivity contribution in [3.63, 3.8) is 0 Å². The van der Waals surface area contributed by atoms with Crippen LogP contribution < -0.4 is 15.4 Å². The van der Waals surface area contributed by atoms with Crippen molar-refractivity contribution >= 4 is 28.2 Å². The summed E-state index contributed by atoms with van der Waals surface area (Å²) in [4.78, 5) is 21.2. The number of amides is 2. The number of nitrogens with zero attached hydrogens (tertiary/aromatic N) is 2. The van der Waals surface area contributed by atoms with Gasteiger partial charge in [0.1, 0.15) is 18.1 Å². The van der Waals surface area contributed by atoms with Crippen molar-refractivity contribution in [1.29, 1.82) is 5.41 Å². The van der Waals surface area contributed by atoms with E-state index in [0.29, 0.717) is 22.0 Å². The summed E-state index contributed by atoms with van der Waals surface area (Å²) >= 11 is 1.29. The second-order valence-corrected chi connectivity index (χ2v) is 8.24. The maximum absolute atomic E-state index is 12.8. The fourth-order valence-corrected chi connectivity index (χ4v) is 3.97. The Morgan fingerprint density at radius 3 is 2.65 bits per heavy atom. The average Bonchev–Trinajstić information content (AvgIpc) is 3.31. The van der Waals surface area contributed by atoms with Gasteiger partial charge in [0.15, 0.2) is 5.13 Å². The quantitative estimate of drug-likeness (QED) is 0.251. The summed E-state index contributed by atoms with van der Waals surface area (Å²) in [5.74, 6) is 0.783. The first-order valence-corrected chi connectivity index (χ1v) is 11.4. The number of nitrogens with one attached hydrogen (secondary N) is 3. The Morgan fingerprint density at radius 2 is 1.88 bits per heavy atom. The van der Waals surface area contributed by atoms with Gasteiger partial charge in [0.05, 0.1) is 11.7 Å².